The Hall–Kier alpha value is -4.65. The number of piperidine rings is 2. The normalized spacial score (nSPS) is 22.3. The number of benzene rings is 2. The van der Waals surface area contributed by atoms with Gasteiger partial charge in [-0.05, 0) is 108 Å². The number of amides is 3. The van der Waals surface area contributed by atoms with Crippen molar-refractivity contribution < 1.29 is 23.9 Å². The van der Waals surface area contributed by atoms with Gasteiger partial charge >= 0.3 is 11.8 Å². The van der Waals surface area contributed by atoms with Gasteiger partial charge < -0.3 is 14.4 Å². The molecule has 7 rings (SSSR count). The quantitative estimate of drug-likeness (QED) is 0.237. The number of anilines is 1. The number of fused-ring (bicyclic) bond motifs is 2. The first kappa shape index (κ1) is 34.8. The van der Waals surface area contributed by atoms with Crippen LogP contribution >= 0.6 is 0 Å². The van der Waals surface area contributed by atoms with Crippen LogP contribution in [-0.4, -0.2) is 74.1 Å². The molecule has 2 saturated heterocycles. The standard InChI is InChI=1S/C38H49N7O6/c1-38(2,3)51-36(48)39-29-19-25-22-44(41-28(25)20-32(29)50-5)26-11-9-23(10-12-26)21-43-17-15-24(16-18-43)27-7-6-8-30-34(27)42(4)37(49)45(30)31-13-14-33(46)40-35(31)47/h6-8,19-20,22-24,26,31H,9-18,21H2,1-5H3,(H,39,48)(H,40,46,47)/t23-,26-,31?. The van der Waals surface area contributed by atoms with Crippen LogP contribution in [0.25, 0.3) is 21.9 Å². The van der Waals surface area contributed by atoms with E-state index in [1.807, 2.05) is 45.0 Å². The molecule has 2 N–H and O–H groups in total. The van der Waals surface area contributed by atoms with E-state index in [9.17, 15) is 19.2 Å². The summed E-state index contributed by atoms with van der Waals surface area (Å²) in [7, 11) is 3.36. The van der Waals surface area contributed by atoms with Crippen LogP contribution in [0.2, 0.25) is 0 Å². The highest BCUT2D eigenvalue weighted by atomic mass is 16.6. The van der Waals surface area contributed by atoms with Crippen LogP contribution in [0.3, 0.4) is 0 Å². The zero-order valence-corrected chi connectivity index (χ0v) is 30.2. The number of hydrogen-bond donors (Lipinski definition) is 2. The van der Waals surface area contributed by atoms with Crippen molar-refractivity contribution in [3.05, 3.63) is 52.6 Å². The summed E-state index contributed by atoms with van der Waals surface area (Å²) in [6, 6.07) is 9.44. The van der Waals surface area contributed by atoms with Crippen molar-refractivity contribution in [1.29, 1.82) is 0 Å². The molecular weight excluding hydrogens is 650 g/mol. The molecule has 4 heterocycles. The number of methoxy groups -OCH3 is 1. The van der Waals surface area contributed by atoms with Gasteiger partial charge in [-0.1, -0.05) is 12.1 Å². The topological polar surface area (TPSA) is 142 Å². The van der Waals surface area contributed by atoms with Gasteiger partial charge in [0.25, 0.3) is 0 Å². The Kier molecular flexibility index (Phi) is 9.42. The Bertz CT molecular complexity index is 2020. The zero-order valence-electron chi connectivity index (χ0n) is 30.2. The van der Waals surface area contributed by atoms with Crippen molar-refractivity contribution in [1.82, 2.24) is 29.1 Å². The van der Waals surface area contributed by atoms with Gasteiger partial charge in [0.15, 0.2) is 0 Å². The molecule has 1 unspecified atom stereocenters. The fraction of sp³-hybridized carbons (Fsp3) is 0.553. The van der Waals surface area contributed by atoms with Crippen LogP contribution in [0, 0.1) is 5.92 Å². The lowest BCUT2D eigenvalue weighted by molar-refractivity contribution is -0.135. The summed E-state index contributed by atoms with van der Waals surface area (Å²) in [5.41, 5.74) is 3.38. The van der Waals surface area contributed by atoms with Crippen molar-refractivity contribution in [3.8, 4) is 5.75 Å². The number of para-hydroxylation sites is 1. The summed E-state index contributed by atoms with van der Waals surface area (Å²) in [5, 5.41) is 11.1. The monoisotopic (exact) mass is 699 g/mol. The van der Waals surface area contributed by atoms with Gasteiger partial charge in [-0.3, -0.25) is 34.0 Å². The number of nitrogens with one attached hydrogen (secondary N) is 2. The lowest BCUT2D eigenvalue weighted by Gasteiger charge is -2.37. The SMILES string of the molecule is COc1cc2nn([C@H]3CC[C@H](CN4CCC(c5cccc6c5n(C)c(=O)n6C5CCC(=O)NC5=O)CC4)CC3)cc2cc1NC(=O)OC(C)(C)C. The lowest BCUT2D eigenvalue weighted by atomic mass is 9.84. The van der Waals surface area contributed by atoms with Crippen molar-refractivity contribution in [2.45, 2.75) is 95.7 Å². The number of nitrogens with zero attached hydrogens (tertiary/aromatic N) is 5. The molecule has 1 aliphatic carbocycles. The number of likely N-dealkylation sites (tertiary alicyclic amines) is 1. The summed E-state index contributed by atoms with van der Waals surface area (Å²) in [6.45, 7) is 8.59. The van der Waals surface area contributed by atoms with Gasteiger partial charge in [-0.15, -0.1) is 0 Å². The predicted octanol–water partition coefficient (Wildman–Crippen LogP) is 5.63. The van der Waals surface area contributed by atoms with E-state index in [1.54, 1.807) is 23.3 Å². The van der Waals surface area contributed by atoms with Crippen LogP contribution in [0.4, 0.5) is 10.5 Å². The number of carbonyl (C=O) groups is 3. The Balaban J connectivity index is 0.954. The van der Waals surface area contributed by atoms with E-state index in [-0.39, 0.29) is 18.0 Å². The molecule has 1 atom stereocenters. The molecule has 2 aromatic carbocycles. The highest BCUT2D eigenvalue weighted by Crippen LogP contribution is 2.38. The minimum absolute atomic E-state index is 0.220. The summed E-state index contributed by atoms with van der Waals surface area (Å²) in [4.78, 5) is 52.9. The molecular formula is C38H49N7O6. The van der Waals surface area contributed by atoms with Crippen molar-refractivity contribution >= 4 is 45.5 Å². The van der Waals surface area contributed by atoms with Crippen molar-refractivity contribution in [2.24, 2.45) is 13.0 Å². The fourth-order valence-corrected chi connectivity index (χ4v) is 8.35. The van der Waals surface area contributed by atoms with E-state index in [1.165, 1.54) is 0 Å². The molecule has 0 radical (unpaired) electrons. The first-order valence-electron chi connectivity index (χ1n) is 18.2. The number of ether oxygens (including phenoxy) is 2. The van der Waals surface area contributed by atoms with Gasteiger partial charge in [0, 0.05) is 37.7 Å². The Labute approximate surface area is 297 Å². The maximum absolute atomic E-state index is 13.4. The minimum atomic E-state index is -0.678. The Morgan fingerprint density at radius 1 is 1.02 bits per heavy atom. The second-order valence-electron chi connectivity index (χ2n) is 15.5. The predicted molar refractivity (Wildman–Crippen MR) is 194 cm³/mol. The van der Waals surface area contributed by atoms with E-state index in [2.05, 4.69) is 32.5 Å². The molecule has 3 aliphatic rings. The number of aromatic nitrogens is 4. The highest BCUT2D eigenvalue weighted by Gasteiger charge is 2.33. The number of imidazole rings is 1. The van der Waals surface area contributed by atoms with Gasteiger partial charge in [0.1, 0.15) is 17.4 Å². The molecule has 4 aromatic rings. The molecule has 3 fully saturated rings. The molecule has 2 aromatic heterocycles. The first-order chi connectivity index (χ1) is 24.4. The maximum Gasteiger partial charge on any atom is 0.412 e. The van der Waals surface area contributed by atoms with Crippen LogP contribution in [0.15, 0.2) is 41.3 Å². The average molecular weight is 700 g/mol. The second-order valence-corrected chi connectivity index (χ2v) is 15.5. The molecule has 2 aliphatic heterocycles. The number of aryl methyl sites for hydroxylation is 1. The minimum Gasteiger partial charge on any atom is -0.494 e. The average Bonchev–Trinajstić information content (AvgIpc) is 3.61. The van der Waals surface area contributed by atoms with Crippen LogP contribution < -0.4 is 21.1 Å². The Morgan fingerprint density at radius 3 is 2.45 bits per heavy atom. The second kappa shape index (κ2) is 13.8. The zero-order chi connectivity index (χ0) is 36.0. The Morgan fingerprint density at radius 2 is 1.76 bits per heavy atom. The summed E-state index contributed by atoms with van der Waals surface area (Å²) in [6.07, 6.45) is 8.55. The molecule has 13 nitrogen and oxygen atoms in total. The third kappa shape index (κ3) is 7.13. The van der Waals surface area contributed by atoms with Gasteiger partial charge in [-0.25, -0.2) is 9.59 Å². The smallest absolute Gasteiger partial charge is 0.412 e. The van der Waals surface area contributed by atoms with Crippen LogP contribution in [-0.2, 0) is 21.4 Å². The first-order valence-corrected chi connectivity index (χ1v) is 18.2. The van der Waals surface area contributed by atoms with Crippen LogP contribution in [0.5, 0.6) is 5.75 Å². The third-order valence-electron chi connectivity index (χ3n) is 10.9. The summed E-state index contributed by atoms with van der Waals surface area (Å²) in [5.74, 6) is 0.813. The number of rotatable bonds is 7. The maximum atomic E-state index is 13.4. The molecule has 51 heavy (non-hydrogen) atoms. The van der Waals surface area contributed by atoms with E-state index in [4.69, 9.17) is 14.6 Å². The van der Waals surface area contributed by atoms with Gasteiger partial charge in [0.2, 0.25) is 11.8 Å². The number of hydrogen-bond acceptors (Lipinski definition) is 8. The molecule has 272 valence electrons. The third-order valence-corrected chi connectivity index (χ3v) is 10.9. The largest absolute Gasteiger partial charge is 0.494 e. The van der Waals surface area contributed by atoms with E-state index in [0.717, 1.165) is 85.7 Å². The van der Waals surface area contributed by atoms with Crippen LogP contribution in [0.1, 0.15) is 95.7 Å². The molecule has 0 spiro atoms. The molecule has 3 amide bonds. The van der Waals surface area contributed by atoms with Gasteiger partial charge in [0.05, 0.1) is 35.4 Å². The van der Waals surface area contributed by atoms with Gasteiger partial charge in [-0.2, -0.15) is 5.10 Å². The summed E-state index contributed by atoms with van der Waals surface area (Å²) >= 11 is 0. The summed E-state index contributed by atoms with van der Waals surface area (Å²) < 4.78 is 16.3. The molecule has 0 bridgehead atoms. The van der Waals surface area contributed by atoms with E-state index in [0.29, 0.717) is 35.7 Å². The lowest BCUT2D eigenvalue weighted by Crippen LogP contribution is -2.44. The number of imide groups is 1. The highest BCUT2D eigenvalue weighted by molar-refractivity contribution is 6.00. The molecule has 1 saturated carbocycles. The van der Waals surface area contributed by atoms with Crippen molar-refractivity contribution in [3.63, 3.8) is 0 Å². The number of carbonyl (C=O) groups excluding carboxylic acids is 3. The van der Waals surface area contributed by atoms with E-state index >= 15 is 0 Å². The fourth-order valence-electron chi connectivity index (χ4n) is 8.35. The van der Waals surface area contributed by atoms with Crippen molar-refractivity contribution in [2.75, 3.05) is 32.1 Å². The van der Waals surface area contributed by atoms with E-state index < -0.39 is 23.6 Å². The molecule has 13 heteroatoms.